The molecule has 0 radical (unpaired) electrons. The molecule has 1 N–H and O–H groups in total. The highest BCUT2D eigenvalue weighted by molar-refractivity contribution is 7.11. The zero-order chi connectivity index (χ0) is 12.1. The van der Waals surface area contributed by atoms with Crippen molar-refractivity contribution in [3.05, 3.63) is 15.6 Å². The average Bonchev–Trinajstić information content (AvgIpc) is 2.57. The number of ether oxygens (including phenoxy) is 1. The molecule has 0 aromatic carbocycles. The molecule has 1 heterocycles. The molecule has 1 aromatic rings. The second kappa shape index (κ2) is 6.33. The molecule has 16 heavy (non-hydrogen) atoms. The summed E-state index contributed by atoms with van der Waals surface area (Å²) < 4.78 is 5.19. The van der Waals surface area contributed by atoms with Crippen molar-refractivity contribution in [3.63, 3.8) is 0 Å². The maximum Gasteiger partial charge on any atom is 0.0900 e. The van der Waals surface area contributed by atoms with Crippen LogP contribution >= 0.6 is 11.3 Å². The van der Waals surface area contributed by atoms with Crippen LogP contribution in [0.15, 0.2) is 0 Å². The predicted molar refractivity (Wildman–Crippen MR) is 69.1 cm³/mol. The summed E-state index contributed by atoms with van der Waals surface area (Å²) in [6, 6.07) is 0.700. The van der Waals surface area contributed by atoms with E-state index in [1.165, 1.54) is 10.6 Å². The first-order valence-corrected chi connectivity index (χ1v) is 6.59. The molecule has 0 saturated carbocycles. The Kier molecular flexibility index (Phi) is 5.38. The Labute approximate surface area is 102 Å². The molecule has 0 aliphatic heterocycles. The van der Waals surface area contributed by atoms with Crippen molar-refractivity contribution in [1.29, 1.82) is 0 Å². The van der Waals surface area contributed by atoms with E-state index in [1.54, 1.807) is 18.4 Å². The second-order valence-electron chi connectivity index (χ2n) is 4.12. The van der Waals surface area contributed by atoms with Crippen LogP contribution in [0.2, 0.25) is 0 Å². The minimum Gasteiger partial charge on any atom is -0.383 e. The highest BCUT2D eigenvalue weighted by Crippen LogP contribution is 2.22. The van der Waals surface area contributed by atoms with Gasteiger partial charge in [0, 0.05) is 24.1 Å². The molecule has 0 aliphatic carbocycles. The van der Waals surface area contributed by atoms with Gasteiger partial charge in [-0.1, -0.05) is 6.92 Å². The van der Waals surface area contributed by atoms with E-state index < -0.39 is 0 Å². The molecular weight excluding hydrogens is 220 g/mol. The summed E-state index contributed by atoms with van der Waals surface area (Å²) in [7, 11) is 1.74. The summed E-state index contributed by atoms with van der Waals surface area (Å²) >= 11 is 1.76. The first-order chi connectivity index (χ1) is 7.58. The van der Waals surface area contributed by atoms with E-state index in [1.807, 2.05) is 0 Å². The summed E-state index contributed by atoms with van der Waals surface area (Å²) in [5.74, 6) is 0. The van der Waals surface area contributed by atoms with E-state index in [0.717, 1.165) is 18.0 Å². The van der Waals surface area contributed by atoms with Crippen LogP contribution in [0.3, 0.4) is 0 Å². The minimum absolute atomic E-state index is 0.296. The van der Waals surface area contributed by atoms with Gasteiger partial charge in [-0.2, -0.15) is 0 Å². The van der Waals surface area contributed by atoms with Gasteiger partial charge in [-0.05, 0) is 27.2 Å². The van der Waals surface area contributed by atoms with Crippen LogP contribution in [0.25, 0.3) is 0 Å². The predicted octanol–water partition coefficient (Wildman–Crippen LogP) is 2.84. The first-order valence-electron chi connectivity index (χ1n) is 5.77. The zero-order valence-corrected chi connectivity index (χ0v) is 11.6. The maximum atomic E-state index is 5.19. The van der Waals surface area contributed by atoms with Gasteiger partial charge >= 0.3 is 0 Å². The van der Waals surface area contributed by atoms with Crippen molar-refractivity contribution >= 4 is 11.3 Å². The summed E-state index contributed by atoms with van der Waals surface area (Å²) in [6.07, 6.45) is 1.07. The Balaban J connectivity index is 2.63. The molecular formula is C12H22N2OS. The van der Waals surface area contributed by atoms with Crippen LogP contribution in [0.1, 0.15) is 41.9 Å². The van der Waals surface area contributed by atoms with Crippen molar-refractivity contribution in [2.24, 2.45) is 0 Å². The highest BCUT2D eigenvalue weighted by Gasteiger charge is 2.16. The Morgan fingerprint density at radius 2 is 2.12 bits per heavy atom. The Bertz CT molecular complexity index is 325. The Morgan fingerprint density at radius 3 is 2.56 bits per heavy atom. The number of aromatic nitrogens is 1. The molecule has 1 aromatic heterocycles. The molecule has 4 heteroatoms. The van der Waals surface area contributed by atoms with Crippen LogP contribution in [0.4, 0.5) is 0 Å². The number of hydrogen-bond acceptors (Lipinski definition) is 4. The number of hydrogen-bond donors (Lipinski definition) is 1. The quantitative estimate of drug-likeness (QED) is 0.833. The molecule has 0 fully saturated rings. The average molecular weight is 242 g/mol. The van der Waals surface area contributed by atoms with Gasteiger partial charge in [0.05, 0.1) is 17.3 Å². The summed E-state index contributed by atoms with van der Waals surface area (Å²) in [6.45, 7) is 9.28. The molecule has 0 saturated heterocycles. The van der Waals surface area contributed by atoms with E-state index in [2.05, 4.69) is 38.0 Å². The van der Waals surface area contributed by atoms with Gasteiger partial charge in [-0.25, -0.2) is 4.98 Å². The molecule has 0 aliphatic rings. The number of thiazole rings is 1. The van der Waals surface area contributed by atoms with Crippen LogP contribution in [-0.4, -0.2) is 24.7 Å². The fraction of sp³-hybridized carbons (Fsp3) is 0.750. The summed E-state index contributed by atoms with van der Waals surface area (Å²) in [5.41, 5.74) is 1.18. The van der Waals surface area contributed by atoms with Crippen LogP contribution in [0.5, 0.6) is 0 Å². The fourth-order valence-corrected chi connectivity index (χ4v) is 2.78. The SMILES string of the molecule is CCC(COC)NC(C)c1nc(C)sc1C. The molecule has 0 bridgehead atoms. The van der Waals surface area contributed by atoms with Gasteiger partial charge in [-0.3, -0.25) is 0 Å². The van der Waals surface area contributed by atoms with Crippen molar-refractivity contribution in [1.82, 2.24) is 10.3 Å². The number of rotatable bonds is 6. The fourth-order valence-electron chi connectivity index (χ4n) is 1.86. The lowest BCUT2D eigenvalue weighted by atomic mass is 10.1. The number of nitrogens with one attached hydrogen (secondary N) is 1. The smallest absolute Gasteiger partial charge is 0.0900 e. The zero-order valence-electron chi connectivity index (χ0n) is 10.8. The minimum atomic E-state index is 0.296. The lowest BCUT2D eigenvalue weighted by Crippen LogP contribution is -2.35. The molecule has 92 valence electrons. The molecule has 1 rings (SSSR count). The molecule has 3 nitrogen and oxygen atoms in total. The van der Waals surface area contributed by atoms with Gasteiger partial charge < -0.3 is 10.1 Å². The molecule has 2 unspecified atom stereocenters. The highest BCUT2D eigenvalue weighted by atomic mass is 32.1. The topological polar surface area (TPSA) is 34.1 Å². The van der Waals surface area contributed by atoms with Crippen molar-refractivity contribution < 1.29 is 4.74 Å². The van der Waals surface area contributed by atoms with Crippen molar-refractivity contribution in [2.45, 2.75) is 46.2 Å². The van der Waals surface area contributed by atoms with Crippen molar-refractivity contribution in [2.75, 3.05) is 13.7 Å². The van der Waals surface area contributed by atoms with E-state index in [0.29, 0.717) is 12.1 Å². The maximum absolute atomic E-state index is 5.19. The summed E-state index contributed by atoms with van der Waals surface area (Å²) in [5, 5.41) is 4.70. The molecule has 2 atom stereocenters. The first kappa shape index (κ1) is 13.6. The number of methoxy groups -OCH3 is 1. The lowest BCUT2D eigenvalue weighted by molar-refractivity contribution is 0.159. The third-order valence-corrected chi connectivity index (χ3v) is 3.60. The van der Waals surface area contributed by atoms with Gasteiger partial charge in [0.1, 0.15) is 0 Å². The standard InChI is InChI=1S/C12H22N2OS/c1-6-11(7-15-5)13-8(2)12-9(3)16-10(4)14-12/h8,11,13H,6-7H2,1-5H3. The van der Waals surface area contributed by atoms with Crippen molar-refractivity contribution in [3.8, 4) is 0 Å². The Hall–Kier alpha value is -0.450. The normalized spacial score (nSPS) is 15.1. The van der Waals surface area contributed by atoms with Gasteiger partial charge in [0.25, 0.3) is 0 Å². The Morgan fingerprint density at radius 1 is 1.44 bits per heavy atom. The second-order valence-corrected chi connectivity index (χ2v) is 5.53. The van der Waals surface area contributed by atoms with E-state index in [9.17, 15) is 0 Å². The van der Waals surface area contributed by atoms with E-state index in [-0.39, 0.29) is 0 Å². The molecule has 0 amide bonds. The van der Waals surface area contributed by atoms with Crippen LogP contribution in [0, 0.1) is 13.8 Å². The van der Waals surface area contributed by atoms with Gasteiger partial charge in [-0.15, -0.1) is 11.3 Å². The monoisotopic (exact) mass is 242 g/mol. The van der Waals surface area contributed by atoms with E-state index >= 15 is 0 Å². The van der Waals surface area contributed by atoms with Crippen LogP contribution < -0.4 is 5.32 Å². The van der Waals surface area contributed by atoms with E-state index in [4.69, 9.17) is 4.74 Å². The summed E-state index contributed by atoms with van der Waals surface area (Å²) in [4.78, 5) is 5.88. The lowest BCUT2D eigenvalue weighted by Gasteiger charge is -2.21. The van der Waals surface area contributed by atoms with Gasteiger partial charge in [0.15, 0.2) is 0 Å². The third-order valence-electron chi connectivity index (χ3n) is 2.70. The molecule has 0 spiro atoms. The third kappa shape index (κ3) is 3.54. The van der Waals surface area contributed by atoms with Gasteiger partial charge in [0.2, 0.25) is 0 Å². The number of nitrogens with zero attached hydrogens (tertiary/aromatic N) is 1. The van der Waals surface area contributed by atoms with Crippen LogP contribution in [-0.2, 0) is 4.74 Å². The largest absolute Gasteiger partial charge is 0.383 e. The number of aryl methyl sites for hydroxylation is 2.